The van der Waals surface area contributed by atoms with Gasteiger partial charge in [-0.1, -0.05) is 6.92 Å². The minimum Gasteiger partial charge on any atom is -0.281 e. The van der Waals surface area contributed by atoms with Crippen LogP contribution < -0.4 is 0 Å². The van der Waals surface area contributed by atoms with Crippen molar-refractivity contribution in [3.8, 4) is 0 Å². The van der Waals surface area contributed by atoms with Gasteiger partial charge < -0.3 is 0 Å². The Labute approximate surface area is 126 Å². The molecule has 0 unspecified atom stereocenters. The highest BCUT2D eigenvalue weighted by Gasteiger charge is 2.44. The summed E-state index contributed by atoms with van der Waals surface area (Å²) in [6.07, 6.45) is 1.58. The Morgan fingerprint density at radius 1 is 1.19 bits per heavy atom. The normalized spacial score (nSPS) is 19.6. The van der Waals surface area contributed by atoms with Gasteiger partial charge in [0.25, 0.3) is 0 Å². The van der Waals surface area contributed by atoms with Gasteiger partial charge in [-0.15, -0.1) is 11.3 Å². The van der Waals surface area contributed by atoms with E-state index in [1.165, 1.54) is 10.4 Å². The van der Waals surface area contributed by atoms with Gasteiger partial charge in [-0.2, -0.15) is 0 Å². The van der Waals surface area contributed by atoms with Crippen LogP contribution >= 0.6 is 11.3 Å². The number of amides is 4. The summed E-state index contributed by atoms with van der Waals surface area (Å²) in [5.74, 6) is -1.40. The summed E-state index contributed by atoms with van der Waals surface area (Å²) in [5.41, 5.74) is 1.25. The van der Waals surface area contributed by atoms with E-state index in [0.29, 0.717) is 13.0 Å². The number of imide groups is 2. The number of rotatable bonds is 4. The van der Waals surface area contributed by atoms with Gasteiger partial charge in [-0.25, -0.2) is 9.69 Å². The molecule has 1 saturated heterocycles. The lowest BCUT2D eigenvalue weighted by atomic mass is 10.1. The van der Waals surface area contributed by atoms with Crippen LogP contribution in [0.15, 0.2) is 11.4 Å². The monoisotopic (exact) mass is 307 g/mol. The minimum absolute atomic E-state index is 0.193. The lowest BCUT2D eigenvalue weighted by Gasteiger charge is -2.29. The number of carbonyl (C=O) groups is 3. The predicted molar refractivity (Wildman–Crippen MR) is 77.5 cm³/mol. The summed E-state index contributed by atoms with van der Waals surface area (Å²) in [6.45, 7) is 3.88. The van der Waals surface area contributed by atoms with Gasteiger partial charge in [0, 0.05) is 24.5 Å². The van der Waals surface area contributed by atoms with Crippen LogP contribution in [0.4, 0.5) is 4.79 Å². The van der Waals surface area contributed by atoms with Crippen LogP contribution in [0.2, 0.25) is 0 Å². The summed E-state index contributed by atoms with van der Waals surface area (Å²) < 4.78 is 0. The summed E-state index contributed by atoms with van der Waals surface area (Å²) in [7, 11) is 0. The molecule has 0 spiro atoms. The Morgan fingerprint density at radius 2 is 1.95 bits per heavy atom. The Balaban J connectivity index is 1.69. The van der Waals surface area contributed by atoms with Crippen LogP contribution in [-0.2, 0) is 22.6 Å². The van der Waals surface area contributed by atoms with E-state index in [-0.39, 0.29) is 6.67 Å². The van der Waals surface area contributed by atoms with Crippen molar-refractivity contribution in [1.29, 1.82) is 0 Å². The van der Waals surface area contributed by atoms with Crippen molar-refractivity contribution in [3.05, 3.63) is 21.9 Å². The van der Waals surface area contributed by atoms with E-state index in [1.807, 2.05) is 11.8 Å². The van der Waals surface area contributed by atoms with Crippen LogP contribution in [0.25, 0.3) is 0 Å². The lowest BCUT2D eigenvalue weighted by Crippen LogP contribution is -2.44. The Hall–Kier alpha value is -1.73. The first kappa shape index (κ1) is 14.2. The Morgan fingerprint density at radius 3 is 2.71 bits per heavy atom. The molecular weight excluding hydrogens is 290 g/mol. The highest BCUT2D eigenvalue weighted by Crippen LogP contribution is 2.24. The van der Waals surface area contributed by atoms with Crippen LogP contribution in [0.1, 0.15) is 23.8 Å². The molecule has 1 aromatic rings. The van der Waals surface area contributed by atoms with Crippen molar-refractivity contribution in [2.45, 2.75) is 26.3 Å². The number of hydrogen-bond donors (Lipinski definition) is 0. The van der Waals surface area contributed by atoms with E-state index in [4.69, 9.17) is 0 Å². The quantitative estimate of drug-likeness (QED) is 0.621. The molecule has 7 heteroatoms. The summed E-state index contributed by atoms with van der Waals surface area (Å²) in [6, 6.07) is 1.59. The average Bonchev–Trinajstić information content (AvgIpc) is 3.02. The molecule has 0 bridgehead atoms. The molecule has 1 fully saturated rings. The van der Waals surface area contributed by atoms with Gasteiger partial charge >= 0.3 is 17.8 Å². The second-order valence-corrected chi connectivity index (χ2v) is 6.29. The van der Waals surface area contributed by atoms with Crippen molar-refractivity contribution in [1.82, 2.24) is 14.7 Å². The zero-order valence-corrected chi connectivity index (χ0v) is 12.7. The maximum Gasteiger partial charge on any atom is 0.335 e. The maximum atomic E-state index is 12.2. The first-order valence-corrected chi connectivity index (χ1v) is 7.94. The molecule has 0 saturated carbocycles. The van der Waals surface area contributed by atoms with E-state index < -0.39 is 17.8 Å². The van der Waals surface area contributed by atoms with E-state index in [0.717, 1.165) is 29.3 Å². The Kier molecular flexibility index (Phi) is 3.77. The van der Waals surface area contributed by atoms with Crippen molar-refractivity contribution < 1.29 is 14.4 Å². The molecule has 6 nitrogen and oxygen atoms in total. The third-order valence-corrected chi connectivity index (χ3v) is 4.83. The maximum absolute atomic E-state index is 12.2. The molecule has 4 amide bonds. The molecule has 2 aliphatic heterocycles. The number of thiophene rings is 1. The molecule has 0 atom stereocenters. The second kappa shape index (κ2) is 5.57. The standard InChI is InChI=1S/C14H17N3O3S/c1-2-5-16-12(18)13(19)17(14(16)20)9-15-6-3-11-10(8-15)4-7-21-11/h4,7H,2-3,5-6,8-9H2,1H3. The third kappa shape index (κ3) is 2.47. The molecule has 1 aromatic heterocycles. The zero-order chi connectivity index (χ0) is 15.0. The van der Waals surface area contributed by atoms with Gasteiger partial charge in [0.2, 0.25) is 0 Å². The summed E-state index contributed by atoms with van der Waals surface area (Å²) in [5, 5.41) is 2.06. The van der Waals surface area contributed by atoms with Crippen LogP contribution in [0, 0.1) is 0 Å². The molecule has 0 aliphatic carbocycles. The average molecular weight is 307 g/mol. The number of urea groups is 1. The predicted octanol–water partition coefficient (Wildman–Crippen LogP) is 1.26. The zero-order valence-electron chi connectivity index (χ0n) is 11.9. The number of fused-ring (bicyclic) bond motifs is 1. The van der Waals surface area contributed by atoms with Gasteiger partial charge in [0.15, 0.2) is 0 Å². The molecule has 0 radical (unpaired) electrons. The summed E-state index contributed by atoms with van der Waals surface area (Å²) in [4.78, 5) is 41.5. The molecule has 21 heavy (non-hydrogen) atoms. The van der Waals surface area contributed by atoms with E-state index in [2.05, 4.69) is 11.4 Å². The number of carbonyl (C=O) groups excluding carboxylic acids is 3. The third-order valence-electron chi connectivity index (χ3n) is 3.81. The largest absolute Gasteiger partial charge is 0.335 e. The van der Waals surface area contributed by atoms with Crippen molar-refractivity contribution in [2.24, 2.45) is 0 Å². The molecule has 2 aliphatic rings. The molecule has 3 heterocycles. The molecule has 112 valence electrons. The van der Waals surface area contributed by atoms with Crippen molar-refractivity contribution >= 4 is 29.2 Å². The fourth-order valence-electron chi connectivity index (χ4n) is 2.72. The van der Waals surface area contributed by atoms with E-state index in [1.54, 1.807) is 11.3 Å². The molecule has 0 N–H and O–H groups in total. The first-order chi connectivity index (χ1) is 10.1. The highest BCUT2D eigenvalue weighted by molar-refractivity contribution is 7.10. The topological polar surface area (TPSA) is 60.9 Å². The van der Waals surface area contributed by atoms with Crippen LogP contribution in [0.5, 0.6) is 0 Å². The van der Waals surface area contributed by atoms with Crippen LogP contribution in [-0.4, -0.2) is 52.3 Å². The lowest BCUT2D eigenvalue weighted by molar-refractivity contribution is -0.144. The van der Waals surface area contributed by atoms with Crippen molar-refractivity contribution in [2.75, 3.05) is 19.8 Å². The second-order valence-electron chi connectivity index (χ2n) is 5.29. The van der Waals surface area contributed by atoms with Gasteiger partial charge in [0.1, 0.15) is 0 Å². The van der Waals surface area contributed by atoms with E-state index >= 15 is 0 Å². The van der Waals surface area contributed by atoms with Crippen LogP contribution in [0.3, 0.4) is 0 Å². The Bertz CT molecular complexity index is 598. The number of hydrogen-bond acceptors (Lipinski definition) is 5. The molecule has 0 aromatic carbocycles. The van der Waals surface area contributed by atoms with E-state index in [9.17, 15) is 14.4 Å². The fraction of sp³-hybridized carbons (Fsp3) is 0.500. The molecule has 3 rings (SSSR count). The fourth-order valence-corrected chi connectivity index (χ4v) is 3.61. The first-order valence-electron chi connectivity index (χ1n) is 7.06. The SMILES string of the molecule is CCCN1C(=O)C(=O)N(CN2CCc3sccc3C2)C1=O. The smallest absolute Gasteiger partial charge is 0.281 e. The minimum atomic E-state index is -0.704. The van der Waals surface area contributed by atoms with Crippen molar-refractivity contribution in [3.63, 3.8) is 0 Å². The van der Waals surface area contributed by atoms with Gasteiger partial charge in [-0.3, -0.25) is 19.4 Å². The molecular formula is C14H17N3O3S. The number of nitrogens with zero attached hydrogens (tertiary/aromatic N) is 3. The van der Waals surface area contributed by atoms with Gasteiger partial charge in [-0.05, 0) is 29.9 Å². The highest BCUT2D eigenvalue weighted by atomic mass is 32.1. The van der Waals surface area contributed by atoms with Gasteiger partial charge in [0.05, 0.1) is 6.67 Å². The summed E-state index contributed by atoms with van der Waals surface area (Å²) >= 11 is 1.74.